The molecule has 0 fully saturated rings. The van der Waals surface area contributed by atoms with E-state index in [0.29, 0.717) is 19.4 Å². The van der Waals surface area contributed by atoms with Crippen LogP contribution in [-0.2, 0) is 19.1 Å². The third-order valence-corrected chi connectivity index (χ3v) is 4.07. The van der Waals surface area contributed by atoms with Crippen LogP contribution in [-0.4, -0.2) is 24.6 Å². The molecule has 0 aromatic heterocycles. The Labute approximate surface area is 148 Å². The highest BCUT2D eigenvalue weighted by Gasteiger charge is 2.08. The van der Waals surface area contributed by atoms with Crippen LogP contribution in [0.4, 0.5) is 0 Å². The molecular weight excluding hydrogens is 304 g/mol. The molecule has 0 saturated carbocycles. The monoisotopic (exact) mass is 342 g/mol. The Morgan fingerprint density at radius 3 is 1.88 bits per heavy atom. The zero-order chi connectivity index (χ0) is 18.0. The number of hydrogen-bond donors (Lipinski definition) is 0. The van der Waals surface area contributed by atoms with E-state index in [4.69, 9.17) is 9.47 Å². The van der Waals surface area contributed by atoms with Crippen molar-refractivity contribution in [3.63, 3.8) is 0 Å². The summed E-state index contributed by atoms with van der Waals surface area (Å²) in [5.41, 5.74) is 0. The maximum Gasteiger partial charge on any atom is 0.306 e. The summed E-state index contributed by atoms with van der Waals surface area (Å²) in [6.45, 7) is 6.76. The third-order valence-electron chi connectivity index (χ3n) is 4.07. The van der Waals surface area contributed by atoms with E-state index >= 15 is 0 Å². The summed E-state index contributed by atoms with van der Waals surface area (Å²) < 4.78 is 10.5. The Morgan fingerprint density at radius 2 is 1.29 bits per heavy atom. The summed E-state index contributed by atoms with van der Waals surface area (Å²) in [6.07, 6.45) is 12.5. The number of carbonyl (C=O) groups excluding carboxylic acids is 2. The van der Waals surface area contributed by atoms with E-state index in [9.17, 15) is 9.59 Å². The van der Waals surface area contributed by atoms with Crippen molar-refractivity contribution < 1.29 is 19.1 Å². The molecule has 0 aromatic carbocycles. The predicted molar refractivity (Wildman–Crippen MR) is 97.9 cm³/mol. The number of esters is 2. The van der Waals surface area contributed by atoms with Crippen molar-refractivity contribution in [3.8, 4) is 0 Å². The molecule has 0 rings (SSSR count). The van der Waals surface area contributed by atoms with Gasteiger partial charge in [-0.15, -0.1) is 0 Å². The van der Waals surface area contributed by atoms with Gasteiger partial charge in [-0.2, -0.15) is 0 Å². The van der Waals surface area contributed by atoms with Crippen molar-refractivity contribution in [1.29, 1.82) is 0 Å². The van der Waals surface area contributed by atoms with Crippen LogP contribution in [0.1, 0.15) is 104 Å². The van der Waals surface area contributed by atoms with Crippen molar-refractivity contribution in [1.82, 2.24) is 0 Å². The molecular formula is C20H38O4. The minimum absolute atomic E-state index is 0.0505. The molecule has 24 heavy (non-hydrogen) atoms. The molecule has 1 unspecified atom stereocenters. The molecule has 0 N–H and O–H groups in total. The van der Waals surface area contributed by atoms with E-state index in [2.05, 4.69) is 13.8 Å². The standard InChI is InChI=1S/C20H38O4/c1-4-6-14-18(3)24-20(22)16-13-11-9-8-10-12-15-19(21)23-17-7-5-2/h18H,4-17H2,1-3H3. The molecule has 0 spiro atoms. The van der Waals surface area contributed by atoms with Crippen molar-refractivity contribution >= 4 is 11.9 Å². The highest BCUT2D eigenvalue weighted by atomic mass is 16.5. The lowest BCUT2D eigenvalue weighted by molar-refractivity contribution is -0.148. The van der Waals surface area contributed by atoms with Gasteiger partial charge in [-0.25, -0.2) is 0 Å². The first kappa shape index (κ1) is 22.9. The van der Waals surface area contributed by atoms with E-state index in [0.717, 1.165) is 70.6 Å². The molecule has 142 valence electrons. The molecule has 0 aliphatic carbocycles. The zero-order valence-corrected chi connectivity index (χ0v) is 16.1. The highest BCUT2D eigenvalue weighted by molar-refractivity contribution is 5.69. The molecule has 0 aliphatic heterocycles. The topological polar surface area (TPSA) is 52.6 Å². The van der Waals surface area contributed by atoms with Gasteiger partial charge in [0, 0.05) is 12.8 Å². The maximum atomic E-state index is 11.7. The Balaban J connectivity index is 3.35. The van der Waals surface area contributed by atoms with Gasteiger partial charge in [0.05, 0.1) is 12.7 Å². The number of ether oxygens (including phenoxy) is 2. The SMILES string of the molecule is CCCCOC(=O)CCCCCCCCC(=O)OC(C)CCCC. The van der Waals surface area contributed by atoms with Crippen LogP contribution in [0.5, 0.6) is 0 Å². The summed E-state index contributed by atoms with van der Waals surface area (Å²) in [5.74, 6) is -0.128. The van der Waals surface area contributed by atoms with Crippen LogP contribution < -0.4 is 0 Å². The molecule has 1 atom stereocenters. The van der Waals surface area contributed by atoms with Crippen LogP contribution in [0.3, 0.4) is 0 Å². The van der Waals surface area contributed by atoms with Gasteiger partial charge in [0.25, 0.3) is 0 Å². The van der Waals surface area contributed by atoms with E-state index in [1.54, 1.807) is 0 Å². The minimum atomic E-state index is -0.0663. The van der Waals surface area contributed by atoms with E-state index < -0.39 is 0 Å². The number of rotatable bonds is 16. The second-order valence-electron chi connectivity index (χ2n) is 6.64. The molecule has 0 aliphatic rings. The Morgan fingerprint density at radius 1 is 0.750 bits per heavy atom. The number of carbonyl (C=O) groups is 2. The third kappa shape index (κ3) is 15.8. The van der Waals surface area contributed by atoms with Gasteiger partial charge in [-0.05, 0) is 32.6 Å². The fourth-order valence-electron chi connectivity index (χ4n) is 2.48. The van der Waals surface area contributed by atoms with Gasteiger partial charge >= 0.3 is 11.9 Å². The lowest BCUT2D eigenvalue weighted by atomic mass is 10.1. The summed E-state index contributed by atoms with van der Waals surface area (Å²) in [5, 5.41) is 0. The Kier molecular flexibility index (Phi) is 16.0. The smallest absolute Gasteiger partial charge is 0.306 e. The fourth-order valence-corrected chi connectivity index (χ4v) is 2.48. The van der Waals surface area contributed by atoms with Crippen LogP contribution in [0.25, 0.3) is 0 Å². The lowest BCUT2D eigenvalue weighted by Crippen LogP contribution is -2.14. The van der Waals surface area contributed by atoms with Crippen LogP contribution in [0, 0.1) is 0 Å². The molecule has 0 heterocycles. The zero-order valence-electron chi connectivity index (χ0n) is 16.1. The second-order valence-corrected chi connectivity index (χ2v) is 6.64. The largest absolute Gasteiger partial charge is 0.466 e. The molecule has 0 aromatic rings. The summed E-state index contributed by atoms with van der Waals surface area (Å²) in [6, 6.07) is 0. The summed E-state index contributed by atoms with van der Waals surface area (Å²) >= 11 is 0. The number of hydrogen-bond acceptors (Lipinski definition) is 4. The van der Waals surface area contributed by atoms with Gasteiger partial charge in [-0.1, -0.05) is 58.8 Å². The Bertz CT molecular complexity index is 315. The molecule has 0 radical (unpaired) electrons. The van der Waals surface area contributed by atoms with Crippen molar-refractivity contribution in [2.45, 2.75) is 110 Å². The first-order chi connectivity index (χ1) is 11.6. The highest BCUT2D eigenvalue weighted by Crippen LogP contribution is 2.11. The normalized spacial score (nSPS) is 12.0. The molecule has 0 saturated heterocycles. The van der Waals surface area contributed by atoms with Crippen molar-refractivity contribution in [2.75, 3.05) is 6.61 Å². The minimum Gasteiger partial charge on any atom is -0.466 e. The average molecular weight is 343 g/mol. The summed E-state index contributed by atoms with van der Waals surface area (Å²) in [4.78, 5) is 23.1. The second kappa shape index (κ2) is 16.8. The van der Waals surface area contributed by atoms with E-state index in [1.165, 1.54) is 0 Å². The van der Waals surface area contributed by atoms with Crippen LogP contribution in [0.2, 0.25) is 0 Å². The molecule has 4 heteroatoms. The molecule has 0 amide bonds. The van der Waals surface area contributed by atoms with Crippen molar-refractivity contribution in [2.24, 2.45) is 0 Å². The van der Waals surface area contributed by atoms with Crippen molar-refractivity contribution in [3.05, 3.63) is 0 Å². The van der Waals surface area contributed by atoms with Crippen LogP contribution >= 0.6 is 0 Å². The lowest BCUT2D eigenvalue weighted by Gasteiger charge is -2.12. The predicted octanol–water partition coefficient (Wildman–Crippen LogP) is 5.57. The van der Waals surface area contributed by atoms with Gasteiger partial charge in [-0.3, -0.25) is 9.59 Å². The molecule has 0 bridgehead atoms. The maximum absolute atomic E-state index is 11.7. The fraction of sp³-hybridized carbons (Fsp3) is 0.900. The first-order valence-electron chi connectivity index (χ1n) is 9.95. The first-order valence-corrected chi connectivity index (χ1v) is 9.95. The van der Waals surface area contributed by atoms with E-state index in [1.807, 2.05) is 6.92 Å². The van der Waals surface area contributed by atoms with Crippen LogP contribution in [0.15, 0.2) is 0 Å². The van der Waals surface area contributed by atoms with Gasteiger partial charge in [0.1, 0.15) is 0 Å². The van der Waals surface area contributed by atoms with Gasteiger partial charge in [0.15, 0.2) is 0 Å². The Hall–Kier alpha value is -1.06. The summed E-state index contributed by atoms with van der Waals surface area (Å²) in [7, 11) is 0. The van der Waals surface area contributed by atoms with Gasteiger partial charge < -0.3 is 9.47 Å². The number of unbranched alkanes of at least 4 members (excludes halogenated alkanes) is 7. The van der Waals surface area contributed by atoms with E-state index in [-0.39, 0.29) is 18.0 Å². The van der Waals surface area contributed by atoms with Gasteiger partial charge in [0.2, 0.25) is 0 Å². The quantitative estimate of drug-likeness (QED) is 0.272. The average Bonchev–Trinajstić information content (AvgIpc) is 2.55. The molecule has 4 nitrogen and oxygen atoms in total.